The second kappa shape index (κ2) is 3.22. The Bertz CT molecular complexity index is 237. The fourth-order valence-electron chi connectivity index (χ4n) is 0.679. The monoisotopic (exact) mass is 172 g/mol. The SMILES string of the molecule is C=C(CC)c1ccc(Cl)s1. The van der Waals surface area contributed by atoms with Gasteiger partial charge in [-0.15, -0.1) is 11.3 Å². The second-order valence-electron chi connectivity index (χ2n) is 2.06. The van der Waals surface area contributed by atoms with Gasteiger partial charge in [0.2, 0.25) is 0 Å². The van der Waals surface area contributed by atoms with Crippen LogP contribution in [0, 0.1) is 0 Å². The fourth-order valence-corrected chi connectivity index (χ4v) is 1.76. The summed E-state index contributed by atoms with van der Waals surface area (Å²) in [6, 6.07) is 3.92. The minimum atomic E-state index is 0.838. The highest BCUT2D eigenvalue weighted by Crippen LogP contribution is 2.27. The quantitative estimate of drug-likeness (QED) is 0.636. The van der Waals surface area contributed by atoms with E-state index in [1.165, 1.54) is 4.88 Å². The first kappa shape index (κ1) is 7.83. The molecule has 1 heterocycles. The molecule has 0 bridgehead atoms. The summed E-state index contributed by atoms with van der Waals surface area (Å²) in [5.41, 5.74) is 1.16. The standard InChI is InChI=1S/C8H9ClS/c1-3-6(2)7-4-5-8(9)10-7/h4-5H,2-3H2,1H3. The number of hydrogen-bond acceptors (Lipinski definition) is 1. The van der Waals surface area contributed by atoms with Crippen molar-refractivity contribution in [2.75, 3.05) is 0 Å². The van der Waals surface area contributed by atoms with Crippen LogP contribution in [0.3, 0.4) is 0 Å². The molecule has 0 radical (unpaired) electrons. The van der Waals surface area contributed by atoms with Gasteiger partial charge in [-0.1, -0.05) is 25.1 Å². The molecule has 0 N–H and O–H groups in total. The molecule has 0 aliphatic rings. The summed E-state index contributed by atoms with van der Waals surface area (Å²) in [5.74, 6) is 0. The summed E-state index contributed by atoms with van der Waals surface area (Å²) < 4.78 is 0.838. The summed E-state index contributed by atoms with van der Waals surface area (Å²) in [4.78, 5) is 1.20. The molecular weight excluding hydrogens is 164 g/mol. The summed E-state index contributed by atoms with van der Waals surface area (Å²) in [6.07, 6.45) is 0.997. The first-order valence-electron chi connectivity index (χ1n) is 3.17. The van der Waals surface area contributed by atoms with E-state index >= 15 is 0 Å². The maximum Gasteiger partial charge on any atom is 0.0934 e. The van der Waals surface area contributed by atoms with Crippen molar-refractivity contribution in [3.8, 4) is 0 Å². The Hall–Kier alpha value is -0.270. The van der Waals surface area contributed by atoms with E-state index in [-0.39, 0.29) is 0 Å². The lowest BCUT2D eigenvalue weighted by Gasteiger charge is -1.93. The molecule has 0 nitrogen and oxygen atoms in total. The van der Waals surface area contributed by atoms with Gasteiger partial charge in [0, 0.05) is 4.88 Å². The van der Waals surface area contributed by atoms with Gasteiger partial charge in [0.05, 0.1) is 4.34 Å². The van der Waals surface area contributed by atoms with Crippen molar-refractivity contribution in [1.29, 1.82) is 0 Å². The van der Waals surface area contributed by atoms with E-state index < -0.39 is 0 Å². The molecule has 2 heteroatoms. The number of hydrogen-bond donors (Lipinski definition) is 0. The van der Waals surface area contributed by atoms with Crippen molar-refractivity contribution < 1.29 is 0 Å². The van der Waals surface area contributed by atoms with E-state index in [9.17, 15) is 0 Å². The Morgan fingerprint density at radius 2 is 2.40 bits per heavy atom. The van der Waals surface area contributed by atoms with Crippen LogP contribution < -0.4 is 0 Å². The van der Waals surface area contributed by atoms with Crippen LogP contribution in [0.15, 0.2) is 18.7 Å². The lowest BCUT2D eigenvalue weighted by molar-refractivity contribution is 1.26. The average molecular weight is 173 g/mol. The molecule has 1 rings (SSSR count). The Balaban J connectivity index is 2.85. The average Bonchev–Trinajstić information content (AvgIpc) is 2.34. The molecule has 0 spiro atoms. The van der Waals surface area contributed by atoms with E-state index in [2.05, 4.69) is 13.5 Å². The van der Waals surface area contributed by atoms with Gasteiger partial charge in [-0.3, -0.25) is 0 Å². The van der Waals surface area contributed by atoms with Crippen LogP contribution in [0.2, 0.25) is 4.34 Å². The Labute approximate surface area is 70.1 Å². The van der Waals surface area contributed by atoms with E-state index in [1.807, 2.05) is 12.1 Å². The zero-order chi connectivity index (χ0) is 7.56. The van der Waals surface area contributed by atoms with Crippen LogP contribution in [0.5, 0.6) is 0 Å². The molecule has 0 aliphatic heterocycles. The van der Waals surface area contributed by atoms with Gasteiger partial charge in [-0.25, -0.2) is 0 Å². The third kappa shape index (κ3) is 1.61. The Morgan fingerprint density at radius 3 is 2.80 bits per heavy atom. The normalized spacial score (nSPS) is 9.80. The lowest BCUT2D eigenvalue weighted by Crippen LogP contribution is -1.70. The maximum atomic E-state index is 5.74. The first-order chi connectivity index (χ1) is 4.74. The number of allylic oxidation sites excluding steroid dienone is 1. The van der Waals surface area contributed by atoms with Crippen LogP contribution >= 0.6 is 22.9 Å². The number of halogens is 1. The highest BCUT2D eigenvalue weighted by molar-refractivity contribution is 7.17. The van der Waals surface area contributed by atoms with E-state index in [1.54, 1.807) is 11.3 Å². The second-order valence-corrected chi connectivity index (χ2v) is 3.78. The summed E-state index contributed by atoms with van der Waals surface area (Å²) >= 11 is 7.33. The summed E-state index contributed by atoms with van der Waals surface area (Å²) in [5, 5.41) is 0. The molecule has 0 aliphatic carbocycles. The number of rotatable bonds is 2. The van der Waals surface area contributed by atoms with Gasteiger partial charge >= 0.3 is 0 Å². The molecule has 1 aromatic rings. The van der Waals surface area contributed by atoms with Crippen molar-refractivity contribution in [2.45, 2.75) is 13.3 Å². The zero-order valence-corrected chi connectivity index (χ0v) is 7.43. The molecule has 54 valence electrons. The van der Waals surface area contributed by atoms with Crippen molar-refractivity contribution in [3.63, 3.8) is 0 Å². The molecule has 0 saturated carbocycles. The largest absolute Gasteiger partial charge is 0.124 e. The van der Waals surface area contributed by atoms with Crippen LogP contribution in [-0.4, -0.2) is 0 Å². The topological polar surface area (TPSA) is 0 Å². The van der Waals surface area contributed by atoms with Gasteiger partial charge in [0.1, 0.15) is 0 Å². The lowest BCUT2D eigenvalue weighted by atomic mass is 10.2. The summed E-state index contributed by atoms with van der Waals surface area (Å²) in [7, 11) is 0. The third-order valence-electron chi connectivity index (χ3n) is 1.35. The Kier molecular flexibility index (Phi) is 2.52. The molecule has 0 amide bonds. The van der Waals surface area contributed by atoms with Crippen molar-refractivity contribution in [1.82, 2.24) is 0 Å². The van der Waals surface area contributed by atoms with E-state index in [0.29, 0.717) is 0 Å². The fraction of sp³-hybridized carbons (Fsp3) is 0.250. The molecule has 1 aromatic heterocycles. The van der Waals surface area contributed by atoms with Gasteiger partial charge in [0.25, 0.3) is 0 Å². The molecule has 0 unspecified atom stereocenters. The minimum Gasteiger partial charge on any atom is -0.124 e. The molecule has 10 heavy (non-hydrogen) atoms. The number of thiophene rings is 1. The zero-order valence-electron chi connectivity index (χ0n) is 5.86. The van der Waals surface area contributed by atoms with Gasteiger partial charge < -0.3 is 0 Å². The summed E-state index contributed by atoms with van der Waals surface area (Å²) in [6.45, 7) is 6.00. The van der Waals surface area contributed by atoms with Crippen molar-refractivity contribution >= 4 is 28.5 Å². The predicted octanol–water partition coefficient (Wildman–Crippen LogP) is 3.82. The molecule has 0 aromatic carbocycles. The molecule has 0 atom stereocenters. The minimum absolute atomic E-state index is 0.838. The molecular formula is C8H9ClS. The van der Waals surface area contributed by atoms with Crippen LogP contribution in [0.4, 0.5) is 0 Å². The van der Waals surface area contributed by atoms with Gasteiger partial charge in [-0.2, -0.15) is 0 Å². The molecule has 0 saturated heterocycles. The maximum absolute atomic E-state index is 5.74. The Morgan fingerprint density at radius 1 is 1.70 bits per heavy atom. The van der Waals surface area contributed by atoms with Crippen LogP contribution in [-0.2, 0) is 0 Å². The first-order valence-corrected chi connectivity index (χ1v) is 4.37. The van der Waals surface area contributed by atoms with E-state index in [0.717, 1.165) is 16.3 Å². The third-order valence-corrected chi connectivity index (χ3v) is 2.68. The van der Waals surface area contributed by atoms with E-state index in [4.69, 9.17) is 11.6 Å². The highest BCUT2D eigenvalue weighted by Gasteiger charge is 1.98. The van der Waals surface area contributed by atoms with Crippen molar-refractivity contribution in [3.05, 3.63) is 27.9 Å². The van der Waals surface area contributed by atoms with Crippen LogP contribution in [0.25, 0.3) is 5.57 Å². The van der Waals surface area contributed by atoms with Crippen LogP contribution in [0.1, 0.15) is 18.2 Å². The highest BCUT2D eigenvalue weighted by atomic mass is 35.5. The molecule has 0 fully saturated rings. The van der Waals surface area contributed by atoms with Crippen molar-refractivity contribution in [2.24, 2.45) is 0 Å². The predicted molar refractivity (Wildman–Crippen MR) is 48.7 cm³/mol. The van der Waals surface area contributed by atoms with Gasteiger partial charge in [0.15, 0.2) is 0 Å². The van der Waals surface area contributed by atoms with Gasteiger partial charge in [-0.05, 0) is 24.1 Å². The smallest absolute Gasteiger partial charge is 0.0934 e.